The van der Waals surface area contributed by atoms with Crippen molar-refractivity contribution in [1.82, 2.24) is 9.78 Å². The minimum absolute atomic E-state index is 0.0489. The first-order valence-corrected chi connectivity index (χ1v) is 9.86. The first-order valence-electron chi connectivity index (χ1n) is 8.31. The topological polar surface area (TPSA) is 78.0 Å². The molecule has 0 saturated carbocycles. The highest BCUT2D eigenvalue weighted by Gasteiger charge is 2.26. The van der Waals surface area contributed by atoms with Gasteiger partial charge in [-0.1, -0.05) is 42.0 Å². The van der Waals surface area contributed by atoms with E-state index in [1.54, 1.807) is 19.1 Å². The molecule has 0 aliphatic carbocycles. The summed E-state index contributed by atoms with van der Waals surface area (Å²) in [5, 5.41) is 9.49. The predicted octanol–water partition coefficient (Wildman–Crippen LogP) is 4.13. The molecule has 2 N–H and O–H groups in total. The molecule has 3 aromatic rings. The maximum absolute atomic E-state index is 13.8. The number of aryl methyl sites for hydroxylation is 2. The molecule has 0 bridgehead atoms. The third kappa shape index (κ3) is 3.77. The molecule has 5 nitrogen and oxygen atoms in total. The first-order chi connectivity index (χ1) is 12.7. The maximum Gasteiger partial charge on any atom is 0.280 e. The number of nitrogens with zero attached hydrogens (tertiary/aromatic N) is 2. The normalized spacial score (nSPS) is 11.9. The second-order valence-corrected chi connectivity index (χ2v) is 7.72. The molecular weight excluding hydrogens is 372 g/mol. The van der Waals surface area contributed by atoms with Crippen LogP contribution in [0.1, 0.15) is 24.6 Å². The highest BCUT2D eigenvalue weighted by molar-refractivity contribution is 7.89. The van der Waals surface area contributed by atoms with Crippen LogP contribution in [0, 0.1) is 6.92 Å². The van der Waals surface area contributed by atoms with E-state index in [1.165, 1.54) is 28.9 Å². The predicted molar refractivity (Wildman–Crippen MR) is 99.8 cm³/mol. The van der Waals surface area contributed by atoms with Gasteiger partial charge in [0.2, 0.25) is 10.0 Å². The van der Waals surface area contributed by atoms with Crippen LogP contribution in [-0.4, -0.2) is 18.2 Å². The van der Waals surface area contributed by atoms with Crippen molar-refractivity contribution in [2.45, 2.75) is 31.7 Å². The number of rotatable bonds is 5. The van der Waals surface area contributed by atoms with E-state index in [2.05, 4.69) is 5.10 Å². The number of halogens is 2. The molecule has 0 amide bonds. The Labute approximate surface area is 156 Å². The molecule has 8 heteroatoms. The van der Waals surface area contributed by atoms with E-state index >= 15 is 0 Å². The van der Waals surface area contributed by atoms with Crippen LogP contribution in [0.2, 0.25) is 0 Å². The second-order valence-electron chi connectivity index (χ2n) is 6.16. The summed E-state index contributed by atoms with van der Waals surface area (Å²) in [5.41, 5.74) is 2.73. The fraction of sp³-hybridized carbons (Fsp3) is 0.211. The lowest BCUT2D eigenvalue weighted by Gasteiger charge is -2.09. The molecule has 0 radical (unpaired) electrons. The van der Waals surface area contributed by atoms with Gasteiger partial charge in [0.1, 0.15) is 11.4 Å². The van der Waals surface area contributed by atoms with Crippen LogP contribution in [0.15, 0.2) is 53.4 Å². The van der Waals surface area contributed by atoms with Crippen molar-refractivity contribution in [3.8, 4) is 22.4 Å². The summed E-state index contributed by atoms with van der Waals surface area (Å²) in [6.45, 7) is 3.94. The number of nitrogens with two attached hydrogens (primary N) is 1. The Morgan fingerprint density at radius 1 is 1.04 bits per heavy atom. The molecule has 0 fully saturated rings. The lowest BCUT2D eigenvalue weighted by molar-refractivity contribution is 0.140. The molecule has 0 unspecified atom stereocenters. The minimum Gasteiger partial charge on any atom is -0.263 e. The number of sulfonamides is 1. The summed E-state index contributed by atoms with van der Waals surface area (Å²) in [5.74, 6) is 0. The van der Waals surface area contributed by atoms with Gasteiger partial charge in [0.15, 0.2) is 0 Å². The molecule has 27 heavy (non-hydrogen) atoms. The van der Waals surface area contributed by atoms with Crippen molar-refractivity contribution in [3.05, 3.63) is 59.8 Å². The van der Waals surface area contributed by atoms with Gasteiger partial charge in [0.05, 0.1) is 4.90 Å². The first kappa shape index (κ1) is 19.2. The monoisotopic (exact) mass is 391 g/mol. The lowest BCUT2D eigenvalue weighted by Crippen LogP contribution is -2.11. The summed E-state index contributed by atoms with van der Waals surface area (Å²) >= 11 is 0. The lowest BCUT2D eigenvalue weighted by atomic mass is 9.98. The van der Waals surface area contributed by atoms with Crippen molar-refractivity contribution in [3.63, 3.8) is 0 Å². The van der Waals surface area contributed by atoms with Crippen molar-refractivity contribution < 1.29 is 17.2 Å². The molecule has 0 atom stereocenters. The maximum atomic E-state index is 13.8. The van der Waals surface area contributed by atoms with Crippen molar-refractivity contribution in [2.24, 2.45) is 5.14 Å². The van der Waals surface area contributed by atoms with Gasteiger partial charge in [-0.25, -0.2) is 22.3 Å². The van der Waals surface area contributed by atoms with E-state index in [0.29, 0.717) is 22.4 Å². The molecule has 1 aromatic heterocycles. The second kappa shape index (κ2) is 7.21. The summed E-state index contributed by atoms with van der Waals surface area (Å²) in [7, 11) is -3.84. The van der Waals surface area contributed by atoms with Gasteiger partial charge >= 0.3 is 0 Å². The number of alkyl halides is 2. The fourth-order valence-corrected chi connectivity index (χ4v) is 3.46. The number of benzene rings is 2. The van der Waals surface area contributed by atoms with E-state index in [1.807, 2.05) is 19.1 Å². The summed E-state index contributed by atoms with van der Waals surface area (Å²) in [4.78, 5) is -0.0489. The smallest absolute Gasteiger partial charge is 0.263 e. The van der Waals surface area contributed by atoms with E-state index in [4.69, 9.17) is 5.14 Å². The standard InChI is InChI=1S/C19H19F2N3O2S/c1-3-24-18(19(20)21)16(13-6-4-12(2)5-7-13)17(23-24)14-8-10-15(11-9-14)27(22,25)26/h4-11,19H,3H2,1-2H3,(H2,22,25,26). The molecule has 0 spiro atoms. The molecule has 1 heterocycles. The number of hydrogen-bond acceptors (Lipinski definition) is 3. The molecule has 0 saturated heterocycles. The SMILES string of the molecule is CCn1nc(-c2ccc(S(N)(=O)=O)cc2)c(-c2ccc(C)cc2)c1C(F)F. The van der Waals surface area contributed by atoms with E-state index < -0.39 is 16.4 Å². The summed E-state index contributed by atoms with van der Waals surface area (Å²) < 4.78 is 51.9. The number of primary sulfonamides is 1. The van der Waals surface area contributed by atoms with E-state index in [9.17, 15) is 17.2 Å². The largest absolute Gasteiger partial charge is 0.280 e. The Kier molecular flexibility index (Phi) is 5.12. The average Bonchev–Trinajstić information content (AvgIpc) is 3.01. The van der Waals surface area contributed by atoms with E-state index in [0.717, 1.165) is 5.56 Å². The van der Waals surface area contributed by atoms with Gasteiger partial charge in [-0.2, -0.15) is 5.10 Å². The van der Waals surface area contributed by atoms with Gasteiger partial charge < -0.3 is 0 Å². The van der Waals surface area contributed by atoms with Crippen molar-refractivity contribution in [1.29, 1.82) is 0 Å². The third-order valence-electron chi connectivity index (χ3n) is 4.29. The average molecular weight is 391 g/mol. The van der Waals surface area contributed by atoms with Crippen LogP contribution in [-0.2, 0) is 16.6 Å². The van der Waals surface area contributed by atoms with Gasteiger partial charge in [0.25, 0.3) is 6.43 Å². The number of hydrogen-bond donors (Lipinski definition) is 1. The van der Waals surface area contributed by atoms with Crippen molar-refractivity contribution >= 4 is 10.0 Å². The minimum atomic E-state index is -3.84. The zero-order valence-electron chi connectivity index (χ0n) is 14.9. The van der Waals surface area contributed by atoms with Crippen LogP contribution in [0.25, 0.3) is 22.4 Å². The van der Waals surface area contributed by atoms with Gasteiger partial charge in [0, 0.05) is 17.7 Å². The molecule has 3 rings (SSSR count). The van der Waals surface area contributed by atoms with Crippen LogP contribution in [0.5, 0.6) is 0 Å². The molecule has 2 aromatic carbocycles. The van der Waals surface area contributed by atoms with Crippen LogP contribution >= 0.6 is 0 Å². The molecule has 0 aliphatic heterocycles. The van der Waals surface area contributed by atoms with Crippen LogP contribution in [0.3, 0.4) is 0 Å². The fourth-order valence-electron chi connectivity index (χ4n) is 2.95. The molecule has 142 valence electrons. The molecule has 0 aliphatic rings. The highest BCUT2D eigenvalue weighted by atomic mass is 32.2. The Morgan fingerprint density at radius 2 is 1.59 bits per heavy atom. The number of aromatic nitrogens is 2. The summed E-state index contributed by atoms with van der Waals surface area (Å²) in [6.07, 6.45) is -2.70. The zero-order chi connectivity index (χ0) is 19.8. The highest BCUT2D eigenvalue weighted by Crippen LogP contribution is 2.39. The molecular formula is C19H19F2N3O2S. The zero-order valence-corrected chi connectivity index (χ0v) is 15.7. The Hall–Kier alpha value is -2.58. The Balaban J connectivity index is 2.24. The van der Waals surface area contributed by atoms with Crippen LogP contribution < -0.4 is 5.14 Å². The quantitative estimate of drug-likeness (QED) is 0.710. The Bertz CT molecular complexity index is 1060. The Morgan fingerprint density at radius 3 is 2.07 bits per heavy atom. The van der Waals surface area contributed by atoms with Gasteiger partial charge in [-0.3, -0.25) is 4.68 Å². The van der Waals surface area contributed by atoms with Crippen molar-refractivity contribution in [2.75, 3.05) is 0 Å². The summed E-state index contributed by atoms with van der Waals surface area (Å²) in [6, 6.07) is 13.0. The van der Waals surface area contributed by atoms with Crippen LogP contribution in [0.4, 0.5) is 8.78 Å². The van der Waals surface area contributed by atoms with Gasteiger partial charge in [-0.05, 0) is 31.5 Å². The third-order valence-corrected chi connectivity index (χ3v) is 5.22. The van der Waals surface area contributed by atoms with E-state index in [-0.39, 0.29) is 17.1 Å². The van der Waals surface area contributed by atoms with Gasteiger partial charge in [-0.15, -0.1) is 0 Å².